The van der Waals surface area contributed by atoms with E-state index >= 15 is 22.0 Å². The zero-order chi connectivity index (χ0) is 32.8. The molecule has 0 aliphatic heterocycles. The quantitative estimate of drug-likeness (QED) is 0.194. The van der Waals surface area contributed by atoms with Crippen LogP contribution in [0.4, 0.5) is 26.3 Å². The highest BCUT2D eigenvalue weighted by Gasteiger charge is 2.64. The molecule has 2 atom stereocenters. The maximum atomic E-state index is 17.8. The summed E-state index contributed by atoms with van der Waals surface area (Å²) in [5.41, 5.74) is -1.79. The molecule has 0 saturated carbocycles. The van der Waals surface area contributed by atoms with Gasteiger partial charge in [0.25, 0.3) is 0 Å². The predicted molar refractivity (Wildman–Crippen MR) is 162 cm³/mol. The SMILES string of the molecule is N#Cc1cccc(C2=C(F)C(N)(c3ccc(F)cc3F)C(c3ccccn3)(c3cc(F)ccc3F)C(c3cccc(Cl)c3)=C2F)c1. The zero-order valence-electron chi connectivity index (χ0n) is 23.5. The largest absolute Gasteiger partial charge is 0.314 e. The van der Waals surface area contributed by atoms with Crippen molar-refractivity contribution in [2.45, 2.75) is 11.0 Å². The number of halogens is 7. The van der Waals surface area contributed by atoms with Crippen LogP contribution in [0.2, 0.25) is 5.02 Å². The molecule has 2 N–H and O–H groups in total. The van der Waals surface area contributed by atoms with E-state index < -0.39 is 68.1 Å². The summed E-state index contributed by atoms with van der Waals surface area (Å²) in [5, 5.41) is 9.65. The first-order valence-corrected chi connectivity index (χ1v) is 14.1. The van der Waals surface area contributed by atoms with Crippen LogP contribution in [0.3, 0.4) is 0 Å². The summed E-state index contributed by atoms with van der Waals surface area (Å²) in [5.74, 6) is -7.37. The second kappa shape index (κ2) is 11.6. The van der Waals surface area contributed by atoms with Crippen molar-refractivity contribution in [2.75, 3.05) is 0 Å². The summed E-state index contributed by atoms with van der Waals surface area (Å²) in [6.45, 7) is 0. The minimum Gasteiger partial charge on any atom is -0.314 e. The van der Waals surface area contributed by atoms with Crippen LogP contribution in [0.15, 0.2) is 121 Å². The molecule has 0 fully saturated rings. The molecular formula is C36H20ClF6N3. The van der Waals surface area contributed by atoms with Gasteiger partial charge in [0.2, 0.25) is 0 Å². The second-order valence-electron chi connectivity index (χ2n) is 10.6. The first-order chi connectivity index (χ1) is 22.0. The van der Waals surface area contributed by atoms with Gasteiger partial charge in [0, 0.05) is 34.0 Å². The van der Waals surface area contributed by atoms with E-state index in [4.69, 9.17) is 17.3 Å². The van der Waals surface area contributed by atoms with Gasteiger partial charge in [-0.15, -0.1) is 0 Å². The fourth-order valence-corrected chi connectivity index (χ4v) is 6.43. The normalized spacial score (nSPS) is 19.7. The van der Waals surface area contributed by atoms with E-state index in [1.165, 1.54) is 72.9 Å². The Morgan fingerprint density at radius 3 is 2.11 bits per heavy atom. The van der Waals surface area contributed by atoms with E-state index in [1.807, 2.05) is 6.07 Å². The molecule has 0 amide bonds. The van der Waals surface area contributed by atoms with Gasteiger partial charge in [0.05, 0.1) is 28.3 Å². The van der Waals surface area contributed by atoms with Crippen LogP contribution in [0.5, 0.6) is 0 Å². The van der Waals surface area contributed by atoms with Crippen molar-refractivity contribution in [3.8, 4) is 6.07 Å². The molecule has 228 valence electrons. The number of pyridine rings is 1. The first kappa shape index (κ1) is 30.8. The number of hydrogen-bond acceptors (Lipinski definition) is 3. The van der Waals surface area contributed by atoms with Gasteiger partial charge < -0.3 is 5.73 Å². The highest BCUT2D eigenvalue weighted by molar-refractivity contribution is 6.30. The van der Waals surface area contributed by atoms with Crippen LogP contribution in [0, 0.1) is 34.6 Å². The Hall–Kier alpha value is -5.17. The summed E-state index contributed by atoms with van der Waals surface area (Å²) >= 11 is 6.36. The molecule has 0 radical (unpaired) electrons. The van der Waals surface area contributed by atoms with Crippen molar-refractivity contribution in [1.29, 1.82) is 5.26 Å². The molecular weight excluding hydrogens is 624 g/mol. The third-order valence-electron chi connectivity index (χ3n) is 8.10. The Kier molecular flexibility index (Phi) is 7.80. The van der Waals surface area contributed by atoms with Gasteiger partial charge in [-0.05, 0) is 71.8 Å². The number of rotatable bonds is 5. The molecule has 3 nitrogen and oxygen atoms in total. The Bertz CT molecular complexity index is 2120. The summed E-state index contributed by atoms with van der Waals surface area (Å²) in [6.07, 6.45) is 1.25. The first-order valence-electron chi connectivity index (χ1n) is 13.7. The van der Waals surface area contributed by atoms with Crippen LogP contribution >= 0.6 is 11.6 Å². The molecule has 0 bridgehead atoms. The van der Waals surface area contributed by atoms with Crippen LogP contribution < -0.4 is 5.73 Å². The van der Waals surface area contributed by atoms with E-state index in [0.717, 1.165) is 24.3 Å². The molecule has 5 aromatic rings. The predicted octanol–water partition coefficient (Wildman–Crippen LogP) is 9.08. The Morgan fingerprint density at radius 1 is 0.696 bits per heavy atom. The molecule has 1 heterocycles. The minimum absolute atomic E-state index is 0.0308. The highest BCUT2D eigenvalue weighted by atomic mass is 35.5. The van der Waals surface area contributed by atoms with Crippen LogP contribution in [-0.4, -0.2) is 4.98 Å². The van der Waals surface area contributed by atoms with E-state index in [0.29, 0.717) is 12.1 Å². The number of nitriles is 1. The smallest absolute Gasteiger partial charge is 0.138 e. The molecule has 1 aliphatic carbocycles. The van der Waals surface area contributed by atoms with Crippen molar-refractivity contribution in [1.82, 2.24) is 4.98 Å². The van der Waals surface area contributed by atoms with Crippen molar-refractivity contribution < 1.29 is 26.3 Å². The molecule has 0 spiro atoms. The molecule has 1 aliphatic rings. The fourth-order valence-electron chi connectivity index (χ4n) is 6.24. The average molecular weight is 644 g/mol. The van der Waals surface area contributed by atoms with Gasteiger partial charge >= 0.3 is 0 Å². The lowest BCUT2D eigenvalue weighted by atomic mass is 9.52. The fraction of sp³-hybridized carbons (Fsp3) is 0.0556. The van der Waals surface area contributed by atoms with Gasteiger partial charge in [-0.1, -0.05) is 48.0 Å². The molecule has 1 aromatic heterocycles. The lowest BCUT2D eigenvalue weighted by molar-refractivity contribution is 0.287. The lowest BCUT2D eigenvalue weighted by Gasteiger charge is -2.52. The lowest BCUT2D eigenvalue weighted by Crippen LogP contribution is -2.60. The Labute approximate surface area is 264 Å². The van der Waals surface area contributed by atoms with Crippen LogP contribution in [0.1, 0.15) is 33.5 Å². The summed E-state index contributed by atoms with van der Waals surface area (Å²) in [4.78, 5) is 4.35. The van der Waals surface area contributed by atoms with Crippen LogP contribution in [0.25, 0.3) is 11.1 Å². The van der Waals surface area contributed by atoms with Gasteiger partial charge in [-0.25, -0.2) is 26.3 Å². The number of benzene rings is 4. The third-order valence-corrected chi connectivity index (χ3v) is 8.34. The Balaban J connectivity index is 1.95. The van der Waals surface area contributed by atoms with Gasteiger partial charge in [-0.3, -0.25) is 4.98 Å². The van der Waals surface area contributed by atoms with Gasteiger partial charge in [0.1, 0.15) is 40.5 Å². The number of hydrogen-bond donors (Lipinski definition) is 1. The second-order valence-corrected chi connectivity index (χ2v) is 11.0. The number of nitrogens with zero attached hydrogens (tertiary/aromatic N) is 2. The minimum atomic E-state index is -2.99. The van der Waals surface area contributed by atoms with Gasteiger partial charge in [-0.2, -0.15) is 5.26 Å². The maximum absolute atomic E-state index is 17.8. The number of nitrogens with two attached hydrogens (primary N) is 1. The third kappa shape index (κ3) is 4.61. The Morgan fingerprint density at radius 2 is 1.41 bits per heavy atom. The molecule has 2 unspecified atom stereocenters. The molecule has 0 saturated heterocycles. The number of allylic oxidation sites excluding steroid dienone is 2. The van der Waals surface area contributed by atoms with E-state index in [9.17, 15) is 9.65 Å². The molecule has 4 aromatic carbocycles. The summed E-state index contributed by atoms with van der Waals surface area (Å²) < 4.78 is 97.3. The molecule has 10 heteroatoms. The van der Waals surface area contributed by atoms with Crippen molar-refractivity contribution in [2.24, 2.45) is 5.73 Å². The molecule has 6 rings (SSSR count). The highest BCUT2D eigenvalue weighted by Crippen LogP contribution is 2.64. The van der Waals surface area contributed by atoms with E-state index in [-0.39, 0.29) is 27.4 Å². The van der Waals surface area contributed by atoms with E-state index in [2.05, 4.69) is 4.98 Å². The summed E-state index contributed by atoms with van der Waals surface area (Å²) in [7, 11) is 0. The number of aromatic nitrogens is 1. The van der Waals surface area contributed by atoms with Crippen molar-refractivity contribution in [3.05, 3.63) is 183 Å². The monoisotopic (exact) mass is 643 g/mol. The molecule has 46 heavy (non-hydrogen) atoms. The van der Waals surface area contributed by atoms with Gasteiger partial charge in [0.15, 0.2) is 0 Å². The standard InChI is InChI=1S/C36H20ClF6N3/c37-23-8-4-7-22(16-23)32-33(42)31(21-6-3-5-20(15-21)19-44)34(43)36(45,26-12-10-25(39)18-29(26)41)35(32,30-9-1-2-14-46-30)27-17-24(38)11-13-28(27)40/h1-18H,45H2. The van der Waals surface area contributed by atoms with E-state index in [1.54, 1.807) is 0 Å². The van der Waals surface area contributed by atoms with Crippen molar-refractivity contribution in [3.63, 3.8) is 0 Å². The zero-order valence-corrected chi connectivity index (χ0v) is 24.3. The summed E-state index contributed by atoms with van der Waals surface area (Å²) in [6, 6.07) is 21.4. The maximum Gasteiger partial charge on any atom is 0.138 e. The van der Waals surface area contributed by atoms with Crippen LogP contribution in [-0.2, 0) is 11.0 Å². The van der Waals surface area contributed by atoms with Crippen molar-refractivity contribution >= 4 is 22.7 Å². The average Bonchev–Trinajstić information content (AvgIpc) is 3.04. The topological polar surface area (TPSA) is 62.7 Å².